The zero-order valence-corrected chi connectivity index (χ0v) is 19.8. The third kappa shape index (κ3) is 4.14. The van der Waals surface area contributed by atoms with Gasteiger partial charge in [0.25, 0.3) is 0 Å². The fraction of sp³-hybridized carbons (Fsp3) is 0.400. The molecule has 0 unspecified atom stereocenters. The average molecular weight is 412 g/mol. The molecule has 0 atom stereocenters. The van der Waals surface area contributed by atoms with Crippen LogP contribution in [-0.2, 0) is 10.8 Å². The molecule has 0 aromatic heterocycles. The van der Waals surface area contributed by atoms with Crippen LogP contribution in [0.15, 0.2) is 47.0 Å². The maximum absolute atomic E-state index is 6.72. The van der Waals surface area contributed by atoms with Gasteiger partial charge in [0.05, 0.1) is 10.7 Å². The van der Waals surface area contributed by atoms with Gasteiger partial charge in [0.1, 0.15) is 0 Å². The van der Waals surface area contributed by atoms with E-state index in [1.807, 2.05) is 12.1 Å². The quantitative estimate of drug-likeness (QED) is 0.487. The summed E-state index contributed by atoms with van der Waals surface area (Å²) in [6.07, 6.45) is 0. The van der Waals surface area contributed by atoms with Gasteiger partial charge in [-0.3, -0.25) is 0 Å². The minimum Gasteiger partial charge on any atom is -0.321 e. The summed E-state index contributed by atoms with van der Waals surface area (Å²) in [4.78, 5) is 3.36. The predicted octanol–water partition coefficient (Wildman–Crippen LogP) is 8.40. The highest BCUT2D eigenvalue weighted by atomic mass is 35.5. The van der Waals surface area contributed by atoms with Gasteiger partial charge in [0, 0.05) is 16.2 Å². The summed E-state index contributed by atoms with van der Waals surface area (Å²) in [5.74, 6) is 3.40. The Hall–Kier alpha value is -1.38. The van der Waals surface area contributed by atoms with E-state index in [2.05, 4.69) is 90.4 Å². The number of anilines is 1. The molecule has 0 aliphatic carbocycles. The molecule has 0 saturated heterocycles. The number of para-hydroxylation sites is 1. The van der Waals surface area contributed by atoms with Crippen LogP contribution in [0.5, 0.6) is 0 Å². The molecule has 1 nitrogen and oxygen atoms in total. The smallest absolute Gasteiger partial charge is 0.169 e. The first-order chi connectivity index (χ1) is 12.9. The molecule has 3 heteroatoms. The molecule has 0 bridgehead atoms. The highest BCUT2D eigenvalue weighted by molar-refractivity contribution is 8.05. The zero-order chi connectivity index (χ0) is 20.9. The Morgan fingerprint density at radius 1 is 0.893 bits per heavy atom. The van der Waals surface area contributed by atoms with Crippen molar-refractivity contribution in [2.75, 3.05) is 4.90 Å². The Morgan fingerprint density at radius 3 is 1.93 bits per heavy atom. The Balaban J connectivity index is 2.26. The highest BCUT2D eigenvalue weighted by Gasteiger charge is 2.26. The van der Waals surface area contributed by atoms with E-state index in [1.54, 1.807) is 11.8 Å². The largest absolute Gasteiger partial charge is 0.321 e. The van der Waals surface area contributed by atoms with Gasteiger partial charge >= 0.3 is 0 Å². The molecular weight excluding hydrogens is 382 g/mol. The third-order valence-electron chi connectivity index (χ3n) is 5.32. The van der Waals surface area contributed by atoms with Crippen LogP contribution in [0, 0.1) is 5.88 Å². The van der Waals surface area contributed by atoms with E-state index in [0.717, 1.165) is 16.3 Å². The second-order valence-electron chi connectivity index (χ2n) is 9.61. The van der Waals surface area contributed by atoms with Gasteiger partial charge in [-0.15, -0.1) is 0 Å². The van der Waals surface area contributed by atoms with Crippen molar-refractivity contribution in [3.63, 3.8) is 0 Å². The van der Waals surface area contributed by atoms with Gasteiger partial charge in [0.2, 0.25) is 0 Å². The van der Waals surface area contributed by atoms with Gasteiger partial charge < -0.3 is 4.90 Å². The Morgan fingerprint density at radius 2 is 1.46 bits per heavy atom. The number of rotatable bonds is 2. The normalized spacial score (nSPS) is 15.5. The molecule has 3 rings (SSSR count). The van der Waals surface area contributed by atoms with E-state index in [0.29, 0.717) is 0 Å². The Kier molecular flexibility index (Phi) is 5.68. The summed E-state index contributed by atoms with van der Waals surface area (Å²) < 4.78 is 0. The summed E-state index contributed by atoms with van der Waals surface area (Å²) in [5, 5.41) is 0.748. The van der Waals surface area contributed by atoms with Crippen LogP contribution in [0.25, 0.3) is 11.1 Å². The minimum atomic E-state index is 0.0723. The van der Waals surface area contributed by atoms with Gasteiger partial charge in [0.15, 0.2) is 5.88 Å². The van der Waals surface area contributed by atoms with E-state index in [1.165, 1.54) is 27.3 Å². The molecule has 0 saturated carbocycles. The molecule has 0 amide bonds. The highest BCUT2D eigenvalue weighted by Crippen LogP contribution is 2.46. The second kappa shape index (κ2) is 7.46. The maximum atomic E-state index is 6.72. The molecule has 0 spiro atoms. The standard InChI is InChI=1S/C25H30ClNS/c1-16-17(2)28-15-27(16)23-21(10-9-11-22(23)26)18-12-19(24(3,4)5)14-20(13-18)25(6,7)8/h9-14H,1-8H3. The molecule has 1 aliphatic heterocycles. The van der Waals surface area contributed by atoms with Gasteiger partial charge in [-0.2, -0.15) is 0 Å². The average Bonchev–Trinajstić information content (AvgIpc) is 2.92. The number of halogens is 1. The summed E-state index contributed by atoms with van der Waals surface area (Å²) in [5.41, 5.74) is 7.37. The molecule has 2 aromatic rings. The van der Waals surface area contributed by atoms with Crippen LogP contribution < -0.4 is 4.90 Å². The van der Waals surface area contributed by atoms with Crippen LogP contribution in [0.4, 0.5) is 5.69 Å². The van der Waals surface area contributed by atoms with E-state index in [9.17, 15) is 0 Å². The van der Waals surface area contributed by atoms with Crippen LogP contribution in [0.2, 0.25) is 5.02 Å². The van der Waals surface area contributed by atoms with E-state index in [4.69, 9.17) is 11.6 Å². The molecule has 148 valence electrons. The number of thioether (sulfide) groups is 1. The molecule has 2 aromatic carbocycles. The summed E-state index contributed by atoms with van der Waals surface area (Å²) in [6.45, 7) is 17.9. The van der Waals surface area contributed by atoms with Crippen molar-refractivity contribution in [2.24, 2.45) is 0 Å². The fourth-order valence-corrected chi connectivity index (χ4v) is 4.21. The number of allylic oxidation sites excluding steroid dienone is 2. The van der Waals surface area contributed by atoms with Crippen LogP contribution >= 0.6 is 23.4 Å². The van der Waals surface area contributed by atoms with Crippen molar-refractivity contribution in [3.8, 4) is 11.1 Å². The first-order valence-electron chi connectivity index (χ1n) is 9.74. The number of nitrogens with zero attached hydrogens (tertiary/aromatic N) is 1. The molecule has 0 fully saturated rings. The lowest BCUT2D eigenvalue weighted by atomic mass is 9.79. The lowest BCUT2D eigenvalue weighted by molar-refractivity contribution is 0.569. The van der Waals surface area contributed by atoms with Crippen molar-refractivity contribution in [2.45, 2.75) is 66.2 Å². The SMILES string of the molecule is CC1=C(C)N(c2c(Cl)cccc2-c2cc(C(C)(C)C)cc(C(C)(C)C)c2)[C]S1. The van der Waals surface area contributed by atoms with Gasteiger partial charge in [-0.25, -0.2) is 0 Å². The minimum absolute atomic E-state index is 0.0723. The monoisotopic (exact) mass is 411 g/mol. The molecule has 28 heavy (non-hydrogen) atoms. The first-order valence-corrected chi connectivity index (χ1v) is 10.9. The zero-order valence-electron chi connectivity index (χ0n) is 18.2. The van der Waals surface area contributed by atoms with Crippen molar-refractivity contribution < 1.29 is 0 Å². The molecule has 2 radical (unpaired) electrons. The lowest BCUT2D eigenvalue weighted by Gasteiger charge is -2.28. The summed E-state index contributed by atoms with van der Waals surface area (Å²) in [7, 11) is 0. The fourth-order valence-electron chi connectivity index (χ4n) is 3.25. The van der Waals surface area contributed by atoms with Crippen LogP contribution in [-0.4, -0.2) is 0 Å². The number of benzene rings is 2. The Bertz CT molecular complexity index is 896. The van der Waals surface area contributed by atoms with Crippen LogP contribution in [0.1, 0.15) is 66.5 Å². The Labute approximate surface area is 180 Å². The molecule has 1 heterocycles. The molecule has 0 N–H and O–H groups in total. The maximum Gasteiger partial charge on any atom is 0.169 e. The van der Waals surface area contributed by atoms with Gasteiger partial charge in [-0.05, 0) is 47.4 Å². The predicted molar refractivity (Wildman–Crippen MR) is 126 cm³/mol. The van der Waals surface area contributed by atoms with Crippen molar-refractivity contribution in [3.05, 3.63) is 69.0 Å². The summed E-state index contributed by atoms with van der Waals surface area (Å²) >= 11 is 8.35. The van der Waals surface area contributed by atoms with Crippen molar-refractivity contribution in [1.29, 1.82) is 0 Å². The van der Waals surface area contributed by atoms with E-state index in [-0.39, 0.29) is 10.8 Å². The third-order valence-corrected chi connectivity index (χ3v) is 6.50. The summed E-state index contributed by atoms with van der Waals surface area (Å²) in [6, 6.07) is 13.2. The van der Waals surface area contributed by atoms with Crippen LogP contribution in [0.3, 0.4) is 0 Å². The van der Waals surface area contributed by atoms with E-state index >= 15 is 0 Å². The number of hydrogen-bond acceptors (Lipinski definition) is 2. The topological polar surface area (TPSA) is 3.24 Å². The number of hydrogen-bond donors (Lipinski definition) is 0. The lowest BCUT2D eigenvalue weighted by Crippen LogP contribution is -2.17. The molecule has 1 aliphatic rings. The van der Waals surface area contributed by atoms with E-state index < -0.39 is 0 Å². The molecular formula is C25H30ClNS. The van der Waals surface area contributed by atoms with Crippen molar-refractivity contribution >= 4 is 29.1 Å². The van der Waals surface area contributed by atoms with Gasteiger partial charge in [-0.1, -0.05) is 95.2 Å². The van der Waals surface area contributed by atoms with Crippen molar-refractivity contribution in [1.82, 2.24) is 0 Å². The second-order valence-corrected chi connectivity index (χ2v) is 11.0. The first kappa shape index (κ1) is 21.3.